The van der Waals surface area contributed by atoms with Crippen LogP contribution in [0, 0.1) is 5.92 Å². The first-order valence-electron chi connectivity index (χ1n) is 6.95. The van der Waals surface area contributed by atoms with Crippen LogP contribution in [0.25, 0.3) is 0 Å². The smallest absolute Gasteiger partial charge is 0.258 e. The Kier molecular flexibility index (Phi) is 6.02. The molecule has 0 aliphatic carbocycles. The highest BCUT2D eigenvalue weighted by atomic mass is 16.5. The summed E-state index contributed by atoms with van der Waals surface area (Å²) in [7, 11) is 0. The average molecular weight is 293 g/mol. The van der Waals surface area contributed by atoms with Gasteiger partial charge in [-0.25, -0.2) is 0 Å². The molecule has 0 fully saturated rings. The summed E-state index contributed by atoms with van der Waals surface area (Å²) >= 11 is 0. The number of nitrogens with two attached hydrogens (primary N) is 2. The molecule has 0 saturated carbocycles. The normalized spacial score (nSPS) is 10.5. The van der Waals surface area contributed by atoms with E-state index in [0.717, 1.165) is 0 Å². The molecule has 0 spiro atoms. The van der Waals surface area contributed by atoms with E-state index in [1.165, 1.54) is 4.90 Å². The van der Waals surface area contributed by atoms with Crippen molar-refractivity contribution in [2.45, 2.75) is 20.8 Å². The molecule has 4 N–H and O–H groups in total. The van der Waals surface area contributed by atoms with E-state index < -0.39 is 5.91 Å². The monoisotopic (exact) mass is 293 g/mol. The van der Waals surface area contributed by atoms with Crippen LogP contribution in [0.2, 0.25) is 0 Å². The highest BCUT2D eigenvalue weighted by Gasteiger charge is 2.23. The molecule has 0 atom stereocenters. The number of para-hydroxylation sites is 1. The van der Waals surface area contributed by atoms with Crippen LogP contribution in [0.4, 0.5) is 5.69 Å². The van der Waals surface area contributed by atoms with Gasteiger partial charge in [-0.15, -0.1) is 0 Å². The average Bonchev–Trinajstić information content (AvgIpc) is 2.38. The summed E-state index contributed by atoms with van der Waals surface area (Å²) < 4.78 is 5.46. The summed E-state index contributed by atoms with van der Waals surface area (Å²) in [5.41, 5.74) is 11.8. The van der Waals surface area contributed by atoms with E-state index in [1.807, 2.05) is 20.8 Å². The van der Waals surface area contributed by atoms with E-state index in [2.05, 4.69) is 0 Å². The minimum absolute atomic E-state index is 0.128. The lowest BCUT2D eigenvalue weighted by Crippen LogP contribution is -2.40. The molecule has 0 aliphatic rings. The number of hydrogen-bond donors (Lipinski definition) is 2. The maximum absolute atomic E-state index is 12.6. The Bertz CT molecular complexity index is 515. The van der Waals surface area contributed by atoms with Crippen molar-refractivity contribution in [3.8, 4) is 5.75 Å². The number of ether oxygens (including phenoxy) is 1. The van der Waals surface area contributed by atoms with Crippen LogP contribution in [-0.2, 0) is 4.79 Å². The van der Waals surface area contributed by atoms with E-state index in [9.17, 15) is 9.59 Å². The molecule has 2 amide bonds. The number of carbonyl (C=O) groups is 2. The van der Waals surface area contributed by atoms with Crippen molar-refractivity contribution in [3.63, 3.8) is 0 Å². The van der Waals surface area contributed by atoms with Gasteiger partial charge >= 0.3 is 0 Å². The molecule has 0 aliphatic heterocycles. The summed E-state index contributed by atoms with van der Waals surface area (Å²) in [6, 6.07) is 4.99. The van der Waals surface area contributed by atoms with Crippen molar-refractivity contribution in [1.29, 1.82) is 0 Å². The zero-order chi connectivity index (χ0) is 16.0. The number of primary amides is 1. The largest absolute Gasteiger partial charge is 0.491 e. The maximum Gasteiger partial charge on any atom is 0.258 e. The molecule has 0 unspecified atom stereocenters. The van der Waals surface area contributed by atoms with Crippen LogP contribution in [0.1, 0.15) is 31.1 Å². The zero-order valence-electron chi connectivity index (χ0n) is 12.8. The number of carbonyl (C=O) groups excluding carboxylic acids is 2. The Morgan fingerprint density at radius 3 is 2.52 bits per heavy atom. The van der Waals surface area contributed by atoms with Crippen molar-refractivity contribution in [1.82, 2.24) is 4.90 Å². The summed E-state index contributed by atoms with van der Waals surface area (Å²) in [5.74, 6) is -0.294. The second-order valence-electron chi connectivity index (χ2n) is 5.20. The van der Waals surface area contributed by atoms with Gasteiger partial charge in [0, 0.05) is 6.54 Å². The van der Waals surface area contributed by atoms with Crippen molar-refractivity contribution in [2.75, 3.05) is 25.4 Å². The third-order valence-electron chi connectivity index (χ3n) is 2.78. The lowest BCUT2D eigenvalue weighted by Gasteiger charge is -2.24. The third kappa shape index (κ3) is 4.66. The summed E-state index contributed by atoms with van der Waals surface area (Å²) in [6.07, 6.45) is 0. The van der Waals surface area contributed by atoms with Crippen molar-refractivity contribution in [3.05, 3.63) is 23.8 Å². The quantitative estimate of drug-likeness (QED) is 0.739. The molecule has 116 valence electrons. The SMILES string of the molecule is CCOc1c(N)cccc1C(=O)N(CC(N)=O)CC(C)C. The van der Waals surface area contributed by atoms with Crippen molar-refractivity contribution in [2.24, 2.45) is 11.7 Å². The van der Waals surface area contributed by atoms with Gasteiger partial charge in [-0.1, -0.05) is 19.9 Å². The number of benzene rings is 1. The van der Waals surface area contributed by atoms with Crippen LogP contribution >= 0.6 is 0 Å². The number of nitrogens with zero attached hydrogens (tertiary/aromatic N) is 1. The Labute approximate surface area is 125 Å². The summed E-state index contributed by atoms with van der Waals surface area (Å²) in [5, 5.41) is 0. The van der Waals surface area contributed by atoms with Crippen LogP contribution < -0.4 is 16.2 Å². The summed E-state index contributed by atoms with van der Waals surface area (Å²) in [4.78, 5) is 25.2. The fraction of sp³-hybridized carbons (Fsp3) is 0.467. The Morgan fingerprint density at radius 1 is 1.33 bits per heavy atom. The van der Waals surface area contributed by atoms with Gasteiger partial charge in [-0.05, 0) is 25.0 Å². The fourth-order valence-electron chi connectivity index (χ4n) is 2.05. The van der Waals surface area contributed by atoms with Crippen LogP contribution in [-0.4, -0.2) is 36.4 Å². The molecule has 1 aromatic carbocycles. The van der Waals surface area contributed by atoms with Gasteiger partial charge in [0.1, 0.15) is 0 Å². The number of anilines is 1. The number of rotatable bonds is 7. The lowest BCUT2D eigenvalue weighted by molar-refractivity contribution is -0.118. The predicted octanol–water partition coefficient (Wildman–Crippen LogP) is 1.25. The van der Waals surface area contributed by atoms with Crippen molar-refractivity contribution >= 4 is 17.5 Å². The van der Waals surface area contributed by atoms with Crippen LogP contribution in [0.5, 0.6) is 5.75 Å². The molecule has 1 aromatic rings. The highest BCUT2D eigenvalue weighted by molar-refractivity contribution is 6.00. The fourth-order valence-corrected chi connectivity index (χ4v) is 2.05. The van der Waals surface area contributed by atoms with Gasteiger partial charge in [-0.3, -0.25) is 9.59 Å². The predicted molar refractivity (Wildman–Crippen MR) is 82.0 cm³/mol. The molecule has 1 rings (SSSR count). The Morgan fingerprint density at radius 2 is 2.00 bits per heavy atom. The third-order valence-corrected chi connectivity index (χ3v) is 2.78. The molecule has 6 heteroatoms. The second-order valence-corrected chi connectivity index (χ2v) is 5.20. The van der Waals surface area contributed by atoms with Gasteiger partial charge in [0.15, 0.2) is 5.75 Å². The molecule has 21 heavy (non-hydrogen) atoms. The Balaban J connectivity index is 3.13. The molecular formula is C15H23N3O3. The van der Waals surface area contributed by atoms with Gasteiger partial charge in [-0.2, -0.15) is 0 Å². The molecule has 6 nitrogen and oxygen atoms in total. The first-order chi connectivity index (χ1) is 9.86. The minimum atomic E-state index is -0.550. The standard InChI is InChI=1S/C15H23N3O3/c1-4-21-14-11(6-5-7-12(14)16)15(20)18(8-10(2)3)9-13(17)19/h5-7,10H,4,8-9,16H2,1-3H3,(H2,17,19). The molecule has 0 aromatic heterocycles. The van der Waals surface area contributed by atoms with Gasteiger partial charge in [0.05, 0.1) is 24.4 Å². The maximum atomic E-state index is 12.6. The second kappa shape index (κ2) is 7.52. The molecule has 0 radical (unpaired) electrons. The van der Waals surface area contributed by atoms with Gasteiger partial charge < -0.3 is 21.1 Å². The van der Waals surface area contributed by atoms with Gasteiger partial charge in [0.25, 0.3) is 5.91 Å². The molecule has 0 heterocycles. The number of nitrogen functional groups attached to an aromatic ring is 1. The van der Waals surface area contributed by atoms with E-state index >= 15 is 0 Å². The van der Waals surface area contributed by atoms with E-state index in [4.69, 9.17) is 16.2 Å². The first kappa shape index (κ1) is 16.8. The van der Waals surface area contributed by atoms with E-state index in [0.29, 0.717) is 30.2 Å². The number of hydrogen-bond acceptors (Lipinski definition) is 4. The first-order valence-corrected chi connectivity index (χ1v) is 6.95. The topological polar surface area (TPSA) is 98.7 Å². The van der Waals surface area contributed by atoms with Gasteiger partial charge in [0.2, 0.25) is 5.91 Å². The highest BCUT2D eigenvalue weighted by Crippen LogP contribution is 2.27. The minimum Gasteiger partial charge on any atom is -0.491 e. The summed E-state index contributed by atoms with van der Waals surface area (Å²) in [6.45, 7) is 6.44. The van der Waals surface area contributed by atoms with Crippen LogP contribution in [0.3, 0.4) is 0 Å². The zero-order valence-corrected chi connectivity index (χ0v) is 12.8. The molecule has 0 saturated heterocycles. The Hall–Kier alpha value is -2.24. The molecular weight excluding hydrogens is 270 g/mol. The lowest BCUT2D eigenvalue weighted by atomic mass is 10.1. The van der Waals surface area contributed by atoms with Crippen LogP contribution in [0.15, 0.2) is 18.2 Å². The van der Waals surface area contributed by atoms with E-state index in [-0.39, 0.29) is 18.4 Å². The van der Waals surface area contributed by atoms with Crippen molar-refractivity contribution < 1.29 is 14.3 Å². The number of amides is 2. The van der Waals surface area contributed by atoms with E-state index in [1.54, 1.807) is 18.2 Å². The molecule has 0 bridgehead atoms.